The summed E-state index contributed by atoms with van der Waals surface area (Å²) in [4.78, 5) is 29.2. The first-order valence-electron chi connectivity index (χ1n) is 17.1. The van der Waals surface area contributed by atoms with Gasteiger partial charge in [-0.05, 0) is 45.2 Å². The van der Waals surface area contributed by atoms with Gasteiger partial charge in [-0.3, -0.25) is 4.79 Å². The molecule has 0 aromatic heterocycles. The van der Waals surface area contributed by atoms with Crippen LogP contribution in [0.5, 0.6) is 0 Å². The van der Waals surface area contributed by atoms with Gasteiger partial charge in [-0.25, -0.2) is 4.79 Å². The SMILES string of the molecule is CCCCCCCCOC(CCC(=O)OC1CCCN(C(=O)OCCCN(CC)CC)C1)OCCCCCCCC. The summed E-state index contributed by atoms with van der Waals surface area (Å²) in [5.41, 5.74) is 0. The van der Waals surface area contributed by atoms with Gasteiger partial charge in [0.15, 0.2) is 6.29 Å². The minimum absolute atomic E-state index is 0.249. The van der Waals surface area contributed by atoms with Crippen molar-refractivity contribution in [2.45, 2.75) is 149 Å². The molecular formula is C33H64N2O6. The van der Waals surface area contributed by atoms with Crippen molar-refractivity contribution in [2.75, 3.05) is 52.5 Å². The van der Waals surface area contributed by atoms with Crippen LogP contribution in [0.1, 0.15) is 137 Å². The fourth-order valence-corrected chi connectivity index (χ4v) is 5.17. The van der Waals surface area contributed by atoms with Gasteiger partial charge in [0, 0.05) is 32.7 Å². The maximum atomic E-state index is 12.7. The summed E-state index contributed by atoms with van der Waals surface area (Å²) in [7, 11) is 0. The fraction of sp³-hybridized carbons (Fsp3) is 0.939. The van der Waals surface area contributed by atoms with E-state index in [9.17, 15) is 9.59 Å². The lowest BCUT2D eigenvalue weighted by Gasteiger charge is -2.31. The smallest absolute Gasteiger partial charge is 0.409 e. The van der Waals surface area contributed by atoms with Gasteiger partial charge in [-0.1, -0.05) is 91.9 Å². The average Bonchev–Trinajstić information content (AvgIpc) is 2.98. The molecular weight excluding hydrogens is 520 g/mol. The molecule has 1 amide bonds. The lowest BCUT2D eigenvalue weighted by Crippen LogP contribution is -2.44. The zero-order chi connectivity index (χ0) is 30.0. The van der Waals surface area contributed by atoms with Crippen LogP contribution in [0.2, 0.25) is 0 Å². The zero-order valence-electron chi connectivity index (χ0n) is 27.2. The lowest BCUT2D eigenvalue weighted by atomic mass is 10.1. The van der Waals surface area contributed by atoms with E-state index in [4.69, 9.17) is 18.9 Å². The number of hydrogen-bond acceptors (Lipinski definition) is 7. The molecule has 8 nitrogen and oxygen atoms in total. The van der Waals surface area contributed by atoms with Crippen LogP contribution in [-0.4, -0.2) is 86.8 Å². The Kier molecular flexibility index (Phi) is 24.1. The number of hydrogen-bond donors (Lipinski definition) is 0. The molecule has 242 valence electrons. The number of carbonyl (C=O) groups is 2. The van der Waals surface area contributed by atoms with Gasteiger partial charge >= 0.3 is 12.1 Å². The summed E-state index contributed by atoms with van der Waals surface area (Å²) >= 11 is 0. The molecule has 0 aromatic carbocycles. The van der Waals surface area contributed by atoms with E-state index in [0.717, 1.165) is 51.7 Å². The highest BCUT2D eigenvalue weighted by Crippen LogP contribution is 2.17. The molecule has 0 N–H and O–H groups in total. The number of ether oxygens (including phenoxy) is 4. The number of esters is 1. The first-order chi connectivity index (χ1) is 20.0. The molecule has 1 fully saturated rings. The highest BCUT2D eigenvalue weighted by Gasteiger charge is 2.27. The Morgan fingerprint density at radius 3 is 1.95 bits per heavy atom. The second kappa shape index (κ2) is 26.3. The van der Waals surface area contributed by atoms with Crippen molar-refractivity contribution < 1.29 is 28.5 Å². The Hall–Kier alpha value is -1.38. The van der Waals surface area contributed by atoms with Crippen LogP contribution < -0.4 is 0 Å². The van der Waals surface area contributed by atoms with Crippen LogP contribution in [0.3, 0.4) is 0 Å². The summed E-state index contributed by atoms with van der Waals surface area (Å²) in [6.07, 6.45) is 16.7. The predicted octanol–water partition coefficient (Wildman–Crippen LogP) is 7.72. The number of likely N-dealkylation sites (tertiary alicyclic amines) is 1. The molecule has 1 unspecified atom stereocenters. The summed E-state index contributed by atoms with van der Waals surface area (Å²) in [5, 5.41) is 0. The van der Waals surface area contributed by atoms with Gasteiger partial charge in [0.05, 0.1) is 19.6 Å². The summed E-state index contributed by atoms with van der Waals surface area (Å²) < 4.78 is 23.4. The van der Waals surface area contributed by atoms with Gasteiger partial charge in [0.25, 0.3) is 0 Å². The largest absolute Gasteiger partial charge is 0.460 e. The molecule has 0 spiro atoms. The number of nitrogens with zero attached hydrogens (tertiary/aromatic N) is 2. The average molecular weight is 585 g/mol. The third-order valence-corrected chi connectivity index (χ3v) is 7.86. The van der Waals surface area contributed by atoms with E-state index >= 15 is 0 Å². The van der Waals surface area contributed by atoms with Crippen molar-refractivity contribution in [3.8, 4) is 0 Å². The van der Waals surface area contributed by atoms with E-state index in [1.54, 1.807) is 4.90 Å². The Bertz CT molecular complexity index is 613. The molecule has 0 radical (unpaired) electrons. The van der Waals surface area contributed by atoms with Gasteiger partial charge in [0.1, 0.15) is 6.10 Å². The monoisotopic (exact) mass is 584 g/mol. The number of carbonyl (C=O) groups excluding carboxylic acids is 2. The maximum Gasteiger partial charge on any atom is 0.409 e. The molecule has 0 aromatic rings. The predicted molar refractivity (Wildman–Crippen MR) is 166 cm³/mol. The third kappa shape index (κ3) is 20.2. The van der Waals surface area contributed by atoms with Crippen LogP contribution in [0.15, 0.2) is 0 Å². The van der Waals surface area contributed by atoms with Gasteiger partial charge < -0.3 is 28.7 Å². The quantitative estimate of drug-likeness (QED) is 0.0585. The van der Waals surface area contributed by atoms with Crippen LogP contribution in [0, 0.1) is 0 Å². The first-order valence-corrected chi connectivity index (χ1v) is 17.1. The Balaban J connectivity index is 2.37. The van der Waals surface area contributed by atoms with Crippen molar-refractivity contribution >= 4 is 12.1 Å². The summed E-state index contributed by atoms with van der Waals surface area (Å²) in [5.74, 6) is -0.249. The van der Waals surface area contributed by atoms with Crippen molar-refractivity contribution in [3.05, 3.63) is 0 Å². The van der Waals surface area contributed by atoms with E-state index < -0.39 is 0 Å². The highest BCUT2D eigenvalue weighted by atomic mass is 16.7. The van der Waals surface area contributed by atoms with E-state index in [0.29, 0.717) is 39.3 Å². The molecule has 0 saturated carbocycles. The maximum absolute atomic E-state index is 12.7. The van der Waals surface area contributed by atoms with Crippen LogP contribution in [-0.2, 0) is 23.7 Å². The standard InChI is InChI=1S/C33H64N2O6/c1-5-9-11-13-15-17-26-38-32(39-27-18-16-14-12-10-6-2)23-22-31(36)41-30-21-19-25-35(29-30)33(37)40-28-20-24-34(7-3)8-4/h30,32H,5-29H2,1-4H3. The third-order valence-electron chi connectivity index (χ3n) is 7.86. The molecule has 0 bridgehead atoms. The van der Waals surface area contributed by atoms with Crippen molar-refractivity contribution in [1.82, 2.24) is 9.80 Å². The lowest BCUT2D eigenvalue weighted by molar-refractivity contribution is -0.163. The fourth-order valence-electron chi connectivity index (χ4n) is 5.17. The Labute approximate surface area is 252 Å². The second-order valence-electron chi connectivity index (χ2n) is 11.4. The van der Waals surface area contributed by atoms with Gasteiger partial charge in [0.2, 0.25) is 0 Å². The van der Waals surface area contributed by atoms with Crippen LogP contribution in [0.25, 0.3) is 0 Å². The molecule has 0 aliphatic carbocycles. The van der Waals surface area contributed by atoms with E-state index in [1.807, 2.05) is 0 Å². The Morgan fingerprint density at radius 1 is 0.780 bits per heavy atom. The minimum Gasteiger partial charge on any atom is -0.460 e. The van der Waals surface area contributed by atoms with Crippen molar-refractivity contribution in [1.29, 1.82) is 0 Å². The molecule has 1 aliphatic rings. The number of rotatable bonds is 26. The first kappa shape index (κ1) is 37.6. The molecule has 1 saturated heterocycles. The normalized spacial score (nSPS) is 15.6. The van der Waals surface area contributed by atoms with Crippen molar-refractivity contribution in [3.63, 3.8) is 0 Å². The van der Waals surface area contributed by atoms with Gasteiger partial charge in [-0.15, -0.1) is 0 Å². The molecule has 1 heterocycles. The van der Waals surface area contributed by atoms with Crippen molar-refractivity contribution in [2.24, 2.45) is 0 Å². The second-order valence-corrected chi connectivity index (χ2v) is 11.4. The van der Waals surface area contributed by atoms with E-state index in [-0.39, 0.29) is 30.9 Å². The van der Waals surface area contributed by atoms with Crippen LogP contribution >= 0.6 is 0 Å². The number of unbranched alkanes of at least 4 members (excludes halogenated alkanes) is 10. The minimum atomic E-state index is -0.372. The highest BCUT2D eigenvalue weighted by molar-refractivity contribution is 5.70. The summed E-state index contributed by atoms with van der Waals surface area (Å²) in [6, 6.07) is 0. The molecule has 8 heteroatoms. The number of amides is 1. The topological polar surface area (TPSA) is 77.5 Å². The van der Waals surface area contributed by atoms with E-state index in [1.165, 1.54) is 64.2 Å². The molecule has 1 aliphatic heterocycles. The summed E-state index contributed by atoms with van der Waals surface area (Å²) in [6.45, 7) is 14.4. The number of piperidine rings is 1. The van der Waals surface area contributed by atoms with E-state index in [2.05, 4.69) is 32.6 Å². The molecule has 41 heavy (non-hydrogen) atoms. The zero-order valence-corrected chi connectivity index (χ0v) is 27.2. The molecule has 1 rings (SSSR count). The van der Waals surface area contributed by atoms with Crippen LogP contribution in [0.4, 0.5) is 4.79 Å². The molecule has 1 atom stereocenters. The Morgan fingerprint density at radius 2 is 1.37 bits per heavy atom. The van der Waals surface area contributed by atoms with Gasteiger partial charge in [-0.2, -0.15) is 0 Å².